The van der Waals surface area contributed by atoms with Crippen molar-refractivity contribution in [3.8, 4) is 0 Å². The molecule has 100 valence electrons. The highest BCUT2D eigenvalue weighted by atomic mass is 16.2. The highest BCUT2D eigenvalue weighted by molar-refractivity contribution is 5.94. The summed E-state index contributed by atoms with van der Waals surface area (Å²) in [6.07, 6.45) is 3.66. The molecule has 4 nitrogen and oxygen atoms in total. The van der Waals surface area contributed by atoms with E-state index in [1.165, 1.54) is 0 Å². The average molecular weight is 249 g/mol. The van der Waals surface area contributed by atoms with Gasteiger partial charge in [-0.2, -0.15) is 0 Å². The number of nitrogens with zero attached hydrogens (tertiary/aromatic N) is 3. The lowest BCUT2D eigenvalue weighted by Crippen LogP contribution is -2.32. The molecule has 0 atom stereocenters. The summed E-state index contributed by atoms with van der Waals surface area (Å²) < 4.78 is 0. The zero-order valence-electron chi connectivity index (χ0n) is 11.8. The molecular formula is C14H23N3O. The van der Waals surface area contributed by atoms with E-state index >= 15 is 0 Å². The molecule has 0 aliphatic carbocycles. The number of carbonyl (C=O) groups is 1. The Morgan fingerprint density at radius 1 is 1.22 bits per heavy atom. The minimum atomic E-state index is 0.101. The van der Waals surface area contributed by atoms with Crippen molar-refractivity contribution >= 4 is 11.7 Å². The zero-order valence-corrected chi connectivity index (χ0v) is 11.8. The lowest BCUT2D eigenvalue weighted by atomic mass is 10.2. The summed E-state index contributed by atoms with van der Waals surface area (Å²) >= 11 is 0. The van der Waals surface area contributed by atoms with Gasteiger partial charge in [-0.05, 0) is 25.0 Å². The van der Waals surface area contributed by atoms with Crippen LogP contribution in [0.4, 0.5) is 5.82 Å². The highest BCUT2D eigenvalue weighted by Crippen LogP contribution is 2.12. The van der Waals surface area contributed by atoms with Crippen molar-refractivity contribution in [1.82, 2.24) is 9.88 Å². The fraction of sp³-hybridized carbons (Fsp3) is 0.571. The van der Waals surface area contributed by atoms with E-state index in [1.54, 1.807) is 12.3 Å². The van der Waals surface area contributed by atoms with E-state index < -0.39 is 0 Å². The molecule has 1 aromatic heterocycles. The standard InChI is InChI=1S/C14H23N3O/c1-5-9-17(10-6-2)14(18)12-7-8-15-13(11-12)16(3)4/h7-8,11H,5-6,9-10H2,1-4H3. The molecule has 1 aromatic rings. The topological polar surface area (TPSA) is 36.4 Å². The van der Waals surface area contributed by atoms with E-state index in [0.717, 1.165) is 37.3 Å². The normalized spacial score (nSPS) is 10.2. The third-order valence-electron chi connectivity index (χ3n) is 2.72. The van der Waals surface area contributed by atoms with Gasteiger partial charge in [-0.3, -0.25) is 4.79 Å². The molecule has 0 bridgehead atoms. The van der Waals surface area contributed by atoms with Crippen LogP contribution in [0.25, 0.3) is 0 Å². The Kier molecular flexibility index (Phi) is 5.62. The van der Waals surface area contributed by atoms with Gasteiger partial charge in [-0.25, -0.2) is 4.98 Å². The van der Waals surface area contributed by atoms with E-state index in [4.69, 9.17) is 0 Å². The Balaban J connectivity index is 2.90. The average Bonchev–Trinajstić information content (AvgIpc) is 2.38. The monoisotopic (exact) mass is 249 g/mol. The number of rotatable bonds is 6. The Labute approximate surface area is 110 Å². The first-order valence-corrected chi connectivity index (χ1v) is 6.52. The highest BCUT2D eigenvalue weighted by Gasteiger charge is 2.15. The van der Waals surface area contributed by atoms with Crippen LogP contribution >= 0.6 is 0 Å². The van der Waals surface area contributed by atoms with Gasteiger partial charge in [-0.15, -0.1) is 0 Å². The molecule has 0 N–H and O–H groups in total. The fourth-order valence-electron chi connectivity index (χ4n) is 1.83. The largest absolute Gasteiger partial charge is 0.363 e. The molecule has 0 spiro atoms. The number of aromatic nitrogens is 1. The van der Waals surface area contributed by atoms with Crippen LogP contribution in [0.15, 0.2) is 18.3 Å². The molecule has 0 saturated heterocycles. The first-order valence-electron chi connectivity index (χ1n) is 6.52. The summed E-state index contributed by atoms with van der Waals surface area (Å²) in [4.78, 5) is 20.4. The third-order valence-corrected chi connectivity index (χ3v) is 2.72. The van der Waals surface area contributed by atoms with Gasteiger partial charge in [0.1, 0.15) is 5.82 Å². The van der Waals surface area contributed by atoms with Crippen molar-refractivity contribution in [3.63, 3.8) is 0 Å². The summed E-state index contributed by atoms with van der Waals surface area (Å²) in [5, 5.41) is 0. The minimum absolute atomic E-state index is 0.101. The molecule has 18 heavy (non-hydrogen) atoms. The van der Waals surface area contributed by atoms with Crippen molar-refractivity contribution in [3.05, 3.63) is 23.9 Å². The maximum Gasteiger partial charge on any atom is 0.254 e. The molecule has 0 saturated carbocycles. The second kappa shape index (κ2) is 6.99. The van der Waals surface area contributed by atoms with Crippen LogP contribution in [0, 0.1) is 0 Å². The zero-order chi connectivity index (χ0) is 13.5. The maximum absolute atomic E-state index is 12.4. The second-order valence-corrected chi connectivity index (χ2v) is 4.59. The summed E-state index contributed by atoms with van der Waals surface area (Å²) in [6, 6.07) is 3.63. The summed E-state index contributed by atoms with van der Waals surface area (Å²) in [6.45, 7) is 5.81. The minimum Gasteiger partial charge on any atom is -0.363 e. The molecule has 1 rings (SSSR count). The predicted octanol–water partition coefficient (Wildman–Crippen LogP) is 2.41. The number of hydrogen-bond acceptors (Lipinski definition) is 3. The number of anilines is 1. The van der Waals surface area contributed by atoms with Crippen LogP contribution in [0.3, 0.4) is 0 Å². The van der Waals surface area contributed by atoms with Crippen LogP contribution in [-0.2, 0) is 0 Å². The van der Waals surface area contributed by atoms with Gasteiger partial charge in [0, 0.05) is 38.9 Å². The smallest absolute Gasteiger partial charge is 0.254 e. The summed E-state index contributed by atoms with van der Waals surface area (Å²) in [5.41, 5.74) is 0.718. The number of carbonyl (C=O) groups excluding carboxylic acids is 1. The van der Waals surface area contributed by atoms with Crippen molar-refractivity contribution in [2.75, 3.05) is 32.1 Å². The van der Waals surface area contributed by atoms with Crippen LogP contribution in [0.5, 0.6) is 0 Å². The van der Waals surface area contributed by atoms with Gasteiger partial charge in [0.2, 0.25) is 0 Å². The van der Waals surface area contributed by atoms with Gasteiger partial charge in [-0.1, -0.05) is 13.8 Å². The molecule has 4 heteroatoms. The quantitative estimate of drug-likeness (QED) is 0.777. The molecule has 1 heterocycles. The Morgan fingerprint density at radius 3 is 2.33 bits per heavy atom. The lowest BCUT2D eigenvalue weighted by Gasteiger charge is -2.22. The molecule has 1 amide bonds. The van der Waals surface area contributed by atoms with Gasteiger partial charge >= 0.3 is 0 Å². The van der Waals surface area contributed by atoms with Gasteiger partial charge in [0.25, 0.3) is 5.91 Å². The van der Waals surface area contributed by atoms with E-state index in [9.17, 15) is 4.79 Å². The molecule has 0 fully saturated rings. The molecule has 0 aromatic carbocycles. The first kappa shape index (κ1) is 14.5. The maximum atomic E-state index is 12.4. The molecular weight excluding hydrogens is 226 g/mol. The summed E-state index contributed by atoms with van der Waals surface area (Å²) in [5.74, 6) is 0.915. The molecule has 0 aliphatic heterocycles. The molecule has 0 unspecified atom stereocenters. The van der Waals surface area contributed by atoms with E-state index in [0.29, 0.717) is 0 Å². The van der Waals surface area contributed by atoms with Gasteiger partial charge in [0.05, 0.1) is 0 Å². The van der Waals surface area contributed by atoms with Crippen LogP contribution in [0.2, 0.25) is 0 Å². The Bertz CT molecular complexity index is 384. The van der Waals surface area contributed by atoms with Gasteiger partial charge < -0.3 is 9.80 Å². The third kappa shape index (κ3) is 3.72. The van der Waals surface area contributed by atoms with Crippen LogP contribution in [-0.4, -0.2) is 43.0 Å². The molecule has 0 radical (unpaired) electrons. The predicted molar refractivity (Wildman–Crippen MR) is 75.0 cm³/mol. The summed E-state index contributed by atoms with van der Waals surface area (Å²) in [7, 11) is 3.85. The van der Waals surface area contributed by atoms with Crippen molar-refractivity contribution < 1.29 is 4.79 Å². The SMILES string of the molecule is CCCN(CCC)C(=O)c1ccnc(N(C)C)c1. The Hall–Kier alpha value is -1.58. The van der Waals surface area contributed by atoms with Gasteiger partial charge in [0.15, 0.2) is 0 Å². The lowest BCUT2D eigenvalue weighted by molar-refractivity contribution is 0.0755. The first-order chi connectivity index (χ1) is 8.60. The van der Waals surface area contributed by atoms with E-state index in [-0.39, 0.29) is 5.91 Å². The number of pyridine rings is 1. The second-order valence-electron chi connectivity index (χ2n) is 4.59. The van der Waals surface area contributed by atoms with Crippen molar-refractivity contribution in [1.29, 1.82) is 0 Å². The van der Waals surface area contributed by atoms with Crippen LogP contribution in [0.1, 0.15) is 37.0 Å². The van der Waals surface area contributed by atoms with Crippen molar-refractivity contribution in [2.24, 2.45) is 0 Å². The van der Waals surface area contributed by atoms with E-state index in [2.05, 4.69) is 18.8 Å². The van der Waals surface area contributed by atoms with E-state index in [1.807, 2.05) is 30.0 Å². The fourth-order valence-corrected chi connectivity index (χ4v) is 1.83. The molecule has 0 aliphatic rings. The van der Waals surface area contributed by atoms with Crippen LogP contribution < -0.4 is 4.90 Å². The number of amides is 1. The Morgan fingerprint density at radius 2 is 1.83 bits per heavy atom. The number of hydrogen-bond donors (Lipinski definition) is 0. The van der Waals surface area contributed by atoms with Crippen molar-refractivity contribution in [2.45, 2.75) is 26.7 Å².